The van der Waals surface area contributed by atoms with Crippen LogP contribution in [0, 0.1) is 0 Å². The van der Waals surface area contributed by atoms with Gasteiger partial charge in [-0.15, -0.1) is 0 Å². The lowest BCUT2D eigenvalue weighted by atomic mass is 10.2. The van der Waals surface area contributed by atoms with E-state index in [9.17, 15) is 9.59 Å². The molecular weight excluding hydrogens is 248 g/mol. The first-order valence-electron chi connectivity index (χ1n) is 5.81. The molecule has 0 spiro atoms. The zero-order chi connectivity index (χ0) is 14.4. The van der Waals surface area contributed by atoms with Crippen molar-refractivity contribution in [3.63, 3.8) is 0 Å². The van der Waals surface area contributed by atoms with E-state index in [1.165, 1.54) is 6.20 Å². The fourth-order valence-electron chi connectivity index (χ4n) is 1.42. The standard InChI is InChI=1S/C12H18N4O3/c1-4-19-12(18)10(13)11(17)15-8-7-14-6-5-9(8)16(2)3/h5-7,10H,4,13H2,1-3H3,(H,15,17). The Bertz CT molecular complexity index is 462. The van der Waals surface area contributed by atoms with Crippen LogP contribution in [0.1, 0.15) is 6.92 Å². The van der Waals surface area contributed by atoms with Gasteiger partial charge < -0.3 is 20.7 Å². The van der Waals surface area contributed by atoms with E-state index in [1.54, 1.807) is 19.2 Å². The highest BCUT2D eigenvalue weighted by molar-refractivity contribution is 6.09. The normalized spacial score (nSPS) is 11.6. The molecule has 0 bridgehead atoms. The van der Waals surface area contributed by atoms with Crippen LogP contribution in [-0.2, 0) is 14.3 Å². The molecule has 19 heavy (non-hydrogen) atoms. The minimum Gasteiger partial charge on any atom is -0.464 e. The van der Waals surface area contributed by atoms with Crippen molar-refractivity contribution in [3.05, 3.63) is 18.5 Å². The van der Waals surface area contributed by atoms with Crippen molar-refractivity contribution in [1.29, 1.82) is 0 Å². The molecule has 0 radical (unpaired) electrons. The van der Waals surface area contributed by atoms with E-state index in [0.29, 0.717) is 5.69 Å². The van der Waals surface area contributed by atoms with E-state index < -0.39 is 17.9 Å². The molecule has 1 heterocycles. The first-order valence-corrected chi connectivity index (χ1v) is 5.81. The van der Waals surface area contributed by atoms with E-state index in [-0.39, 0.29) is 6.61 Å². The maximum atomic E-state index is 11.8. The second-order valence-electron chi connectivity index (χ2n) is 4.01. The molecule has 7 heteroatoms. The van der Waals surface area contributed by atoms with Crippen molar-refractivity contribution in [3.8, 4) is 0 Å². The number of rotatable bonds is 5. The molecule has 0 aliphatic rings. The van der Waals surface area contributed by atoms with Crippen molar-refractivity contribution >= 4 is 23.3 Å². The zero-order valence-electron chi connectivity index (χ0n) is 11.2. The minimum atomic E-state index is -1.35. The summed E-state index contributed by atoms with van der Waals surface area (Å²) in [5.74, 6) is -1.38. The molecule has 0 saturated heterocycles. The summed E-state index contributed by atoms with van der Waals surface area (Å²) in [4.78, 5) is 28.9. The van der Waals surface area contributed by atoms with Crippen molar-refractivity contribution < 1.29 is 14.3 Å². The van der Waals surface area contributed by atoms with Gasteiger partial charge in [0.1, 0.15) is 0 Å². The quantitative estimate of drug-likeness (QED) is 0.574. The van der Waals surface area contributed by atoms with Crippen LogP contribution in [0.5, 0.6) is 0 Å². The highest BCUT2D eigenvalue weighted by Gasteiger charge is 2.24. The van der Waals surface area contributed by atoms with Gasteiger partial charge in [-0.3, -0.25) is 9.78 Å². The fraction of sp³-hybridized carbons (Fsp3) is 0.417. The number of hydrogen-bond donors (Lipinski definition) is 2. The molecule has 0 fully saturated rings. The molecule has 0 aromatic carbocycles. The number of esters is 1. The van der Waals surface area contributed by atoms with Gasteiger partial charge in [-0.1, -0.05) is 0 Å². The average molecular weight is 266 g/mol. The maximum Gasteiger partial charge on any atom is 0.332 e. The number of nitrogens with one attached hydrogen (secondary N) is 1. The van der Waals surface area contributed by atoms with Crippen LogP contribution in [0.4, 0.5) is 11.4 Å². The van der Waals surface area contributed by atoms with Gasteiger partial charge in [-0.05, 0) is 13.0 Å². The van der Waals surface area contributed by atoms with Crippen LogP contribution in [0.25, 0.3) is 0 Å². The average Bonchev–Trinajstić information content (AvgIpc) is 2.38. The molecule has 0 saturated carbocycles. The summed E-state index contributed by atoms with van der Waals surface area (Å²) >= 11 is 0. The summed E-state index contributed by atoms with van der Waals surface area (Å²) in [6, 6.07) is 0.390. The Kier molecular flexibility index (Phi) is 5.25. The van der Waals surface area contributed by atoms with E-state index in [1.807, 2.05) is 19.0 Å². The smallest absolute Gasteiger partial charge is 0.332 e. The molecule has 1 rings (SSSR count). The number of carbonyl (C=O) groups is 2. The Morgan fingerprint density at radius 2 is 2.21 bits per heavy atom. The Balaban J connectivity index is 2.80. The maximum absolute atomic E-state index is 11.8. The minimum absolute atomic E-state index is 0.176. The summed E-state index contributed by atoms with van der Waals surface area (Å²) in [7, 11) is 3.66. The predicted octanol–water partition coefficient (Wildman–Crippen LogP) is -0.0235. The number of carbonyl (C=O) groups excluding carboxylic acids is 2. The second-order valence-corrected chi connectivity index (χ2v) is 4.01. The summed E-state index contributed by atoms with van der Waals surface area (Å²) in [5.41, 5.74) is 6.75. The molecular formula is C12H18N4O3. The Morgan fingerprint density at radius 3 is 2.79 bits per heavy atom. The van der Waals surface area contributed by atoms with Crippen LogP contribution in [0.15, 0.2) is 18.5 Å². The van der Waals surface area contributed by atoms with Crippen molar-refractivity contribution in [2.24, 2.45) is 5.73 Å². The lowest BCUT2D eigenvalue weighted by Crippen LogP contribution is -2.43. The number of amides is 1. The number of pyridine rings is 1. The highest BCUT2D eigenvalue weighted by atomic mass is 16.5. The molecule has 1 atom stereocenters. The Morgan fingerprint density at radius 1 is 1.53 bits per heavy atom. The van der Waals surface area contributed by atoms with Crippen LogP contribution in [0.3, 0.4) is 0 Å². The number of aromatic nitrogens is 1. The van der Waals surface area contributed by atoms with E-state index >= 15 is 0 Å². The third kappa shape index (κ3) is 3.92. The molecule has 1 aromatic rings. The van der Waals surface area contributed by atoms with E-state index in [2.05, 4.69) is 15.0 Å². The van der Waals surface area contributed by atoms with Crippen LogP contribution in [-0.4, -0.2) is 43.6 Å². The predicted molar refractivity (Wildman–Crippen MR) is 71.8 cm³/mol. The van der Waals surface area contributed by atoms with Crippen molar-refractivity contribution in [2.75, 3.05) is 30.9 Å². The lowest BCUT2D eigenvalue weighted by Gasteiger charge is -2.18. The second kappa shape index (κ2) is 6.69. The van der Waals surface area contributed by atoms with Crippen molar-refractivity contribution in [2.45, 2.75) is 13.0 Å². The van der Waals surface area contributed by atoms with Crippen molar-refractivity contribution in [1.82, 2.24) is 4.98 Å². The summed E-state index contributed by atoms with van der Waals surface area (Å²) in [6.45, 7) is 1.82. The molecule has 7 nitrogen and oxygen atoms in total. The van der Waals surface area contributed by atoms with Gasteiger partial charge in [0.25, 0.3) is 5.91 Å². The van der Waals surface area contributed by atoms with E-state index in [4.69, 9.17) is 5.73 Å². The summed E-state index contributed by atoms with van der Waals surface area (Å²) in [5, 5.41) is 2.56. The number of ether oxygens (including phenoxy) is 1. The molecule has 1 amide bonds. The lowest BCUT2D eigenvalue weighted by molar-refractivity contribution is -0.146. The van der Waals surface area contributed by atoms with Gasteiger partial charge in [0.05, 0.1) is 24.2 Å². The Labute approximate surface area is 111 Å². The molecule has 3 N–H and O–H groups in total. The molecule has 0 aliphatic heterocycles. The highest BCUT2D eigenvalue weighted by Crippen LogP contribution is 2.22. The van der Waals surface area contributed by atoms with Crippen LogP contribution < -0.4 is 16.0 Å². The van der Waals surface area contributed by atoms with Crippen LogP contribution in [0.2, 0.25) is 0 Å². The van der Waals surface area contributed by atoms with E-state index in [0.717, 1.165) is 5.69 Å². The van der Waals surface area contributed by atoms with Gasteiger partial charge in [-0.25, -0.2) is 4.79 Å². The number of nitrogens with zero attached hydrogens (tertiary/aromatic N) is 2. The van der Waals surface area contributed by atoms with Gasteiger partial charge in [0.2, 0.25) is 0 Å². The third-order valence-corrected chi connectivity index (χ3v) is 2.36. The monoisotopic (exact) mass is 266 g/mol. The van der Waals surface area contributed by atoms with Gasteiger partial charge >= 0.3 is 5.97 Å². The van der Waals surface area contributed by atoms with Crippen LogP contribution >= 0.6 is 0 Å². The van der Waals surface area contributed by atoms with Gasteiger partial charge in [0, 0.05) is 20.3 Å². The summed E-state index contributed by atoms with van der Waals surface area (Å²) in [6.07, 6.45) is 3.10. The SMILES string of the molecule is CCOC(=O)C(N)C(=O)Nc1cnccc1N(C)C. The fourth-order valence-corrected chi connectivity index (χ4v) is 1.42. The Hall–Kier alpha value is -2.15. The molecule has 104 valence electrons. The van der Waals surface area contributed by atoms with Gasteiger partial charge in [-0.2, -0.15) is 0 Å². The van der Waals surface area contributed by atoms with Gasteiger partial charge in [0.15, 0.2) is 6.04 Å². The first kappa shape index (κ1) is 14.9. The largest absolute Gasteiger partial charge is 0.464 e. The summed E-state index contributed by atoms with van der Waals surface area (Å²) < 4.78 is 4.69. The number of hydrogen-bond acceptors (Lipinski definition) is 6. The topological polar surface area (TPSA) is 97.5 Å². The molecule has 1 aromatic heterocycles. The molecule has 0 aliphatic carbocycles. The number of nitrogens with two attached hydrogens (primary N) is 1. The zero-order valence-corrected chi connectivity index (χ0v) is 11.2. The third-order valence-electron chi connectivity index (χ3n) is 2.36. The first-order chi connectivity index (χ1) is 8.97. The molecule has 1 unspecified atom stereocenters. The number of anilines is 2.